The Bertz CT molecular complexity index is 680. The van der Waals surface area contributed by atoms with E-state index < -0.39 is 6.04 Å². The van der Waals surface area contributed by atoms with Gasteiger partial charge in [0.2, 0.25) is 0 Å². The number of aromatic hydroxyl groups is 1. The average Bonchev–Trinajstić information content (AvgIpc) is 2.55. The molecule has 4 bridgehead atoms. The van der Waals surface area contributed by atoms with Crippen LogP contribution in [0, 0.1) is 23.2 Å². The summed E-state index contributed by atoms with van der Waals surface area (Å²) in [6, 6.07) is 4.84. The van der Waals surface area contributed by atoms with Gasteiger partial charge in [0.15, 0.2) is 6.04 Å². The van der Waals surface area contributed by atoms with Crippen LogP contribution >= 0.6 is 15.9 Å². The lowest BCUT2D eigenvalue weighted by Crippen LogP contribution is -2.53. The second-order valence-electron chi connectivity index (χ2n) is 8.19. The lowest BCUT2D eigenvalue weighted by atomic mass is 9.47. The molecule has 0 saturated heterocycles. The van der Waals surface area contributed by atoms with Crippen LogP contribution in [0.4, 0.5) is 0 Å². The van der Waals surface area contributed by atoms with Gasteiger partial charge in [-0.3, -0.25) is 4.99 Å². The van der Waals surface area contributed by atoms with Crippen molar-refractivity contribution in [2.75, 3.05) is 7.11 Å². The molecule has 5 rings (SSSR count). The Balaban J connectivity index is 1.65. The first-order chi connectivity index (χ1) is 12.0. The van der Waals surface area contributed by atoms with E-state index in [0.29, 0.717) is 5.56 Å². The number of ether oxygens (including phenoxy) is 1. The molecule has 0 amide bonds. The Hall–Kier alpha value is -1.36. The minimum Gasteiger partial charge on any atom is -0.507 e. The van der Waals surface area contributed by atoms with Crippen LogP contribution in [0.15, 0.2) is 27.7 Å². The molecule has 4 aliphatic rings. The normalized spacial score (nSPS) is 34.4. The van der Waals surface area contributed by atoms with Crippen molar-refractivity contribution in [1.82, 2.24) is 0 Å². The van der Waals surface area contributed by atoms with Crippen molar-refractivity contribution >= 4 is 28.1 Å². The number of carbonyl (C=O) groups is 1. The number of phenols is 1. The summed E-state index contributed by atoms with van der Waals surface area (Å²) in [7, 11) is 1.45. The fourth-order valence-electron chi connectivity index (χ4n) is 5.87. The number of nitrogens with zero attached hydrogens (tertiary/aromatic N) is 1. The van der Waals surface area contributed by atoms with E-state index in [1.54, 1.807) is 18.3 Å². The van der Waals surface area contributed by atoms with Crippen LogP contribution in [0.2, 0.25) is 0 Å². The number of hydrogen-bond acceptors (Lipinski definition) is 4. The predicted octanol–water partition coefficient (Wildman–Crippen LogP) is 4.33. The van der Waals surface area contributed by atoms with Crippen molar-refractivity contribution < 1.29 is 14.6 Å². The zero-order valence-corrected chi connectivity index (χ0v) is 16.0. The highest BCUT2D eigenvalue weighted by molar-refractivity contribution is 9.10. The van der Waals surface area contributed by atoms with Crippen molar-refractivity contribution in [1.29, 1.82) is 0 Å². The van der Waals surface area contributed by atoms with Gasteiger partial charge in [0.05, 0.1) is 7.11 Å². The van der Waals surface area contributed by atoms with Gasteiger partial charge < -0.3 is 9.84 Å². The molecule has 0 aliphatic heterocycles. The third-order valence-corrected chi connectivity index (χ3v) is 6.94. The Labute approximate surface area is 156 Å². The highest BCUT2D eigenvalue weighted by Crippen LogP contribution is 2.61. The van der Waals surface area contributed by atoms with Gasteiger partial charge in [0, 0.05) is 21.7 Å². The van der Waals surface area contributed by atoms with Gasteiger partial charge in [-0.05, 0) is 74.5 Å². The molecule has 0 spiro atoms. The Morgan fingerprint density at radius 3 is 2.40 bits per heavy atom. The second kappa shape index (κ2) is 6.42. The minimum absolute atomic E-state index is 0.0523. The molecule has 0 radical (unpaired) electrons. The molecular formula is C20H24BrNO3. The lowest BCUT2D eigenvalue weighted by Gasteiger charge is -2.58. The summed E-state index contributed by atoms with van der Waals surface area (Å²) in [5.41, 5.74) is 0.574. The van der Waals surface area contributed by atoms with Crippen LogP contribution < -0.4 is 0 Å². The van der Waals surface area contributed by atoms with Gasteiger partial charge in [0.1, 0.15) is 5.75 Å². The Morgan fingerprint density at radius 1 is 1.28 bits per heavy atom. The Kier molecular flexibility index (Phi) is 4.38. The fraction of sp³-hybridized carbons (Fsp3) is 0.600. The molecule has 0 aromatic heterocycles. The minimum atomic E-state index is -0.464. The number of carbonyl (C=O) groups excluding carboxylic acids is 1. The van der Waals surface area contributed by atoms with E-state index in [-0.39, 0.29) is 17.1 Å². The molecule has 1 aromatic rings. The number of methoxy groups -OCH3 is 1. The summed E-state index contributed by atoms with van der Waals surface area (Å²) in [4.78, 5) is 17.3. The van der Waals surface area contributed by atoms with E-state index in [9.17, 15) is 9.90 Å². The number of phenolic OH excluding ortho intramolecular Hbond substituents is 1. The standard InChI is InChI=1S/C20H24BrNO3/c1-25-19(24)18(22-11-15-2-3-16(21)7-17(15)23)20-8-12-4-13(9-20)6-14(5-12)10-20/h2-3,7,11-14,18,23H,4-6,8-10H2,1H3/t12?,13?,14?,18-,20?/m1/s1. The fourth-order valence-corrected chi connectivity index (χ4v) is 6.22. The zero-order chi connectivity index (χ0) is 17.6. The number of rotatable bonds is 4. The van der Waals surface area contributed by atoms with Crippen LogP contribution in [-0.4, -0.2) is 30.4 Å². The smallest absolute Gasteiger partial charge is 0.331 e. The predicted molar refractivity (Wildman–Crippen MR) is 99.8 cm³/mol. The summed E-state index contributed by atoms with van der Waals surface area (Å²) in [5.74, 6) is 2.15. The van der Waals surface area contributed by atoms with Crippen molar-refractivity contribution in [2.45, 2.75) is 44.6 Å². The zero-order valence-electron chi connectivity index (χ0n) is 14.5. The number of hydrogen-bond donors (Lipinski definition) is 1. The molecule has 25 heavy (non-hydrogen) atoms. The van der Waals surface area contributed by atoms with E-state index in [1.807, 2.05) is 6.07 Å². The molecule has 5 heteroatoms. The number of halogens is 1. The van der Waals surface area contributed by atoms with E-state index in [1.165, 1.54) is 26.4 Å². The van der Waals surface area contributed by atoms with Crippen molar-refractivity contribution in [3.63, 3.8) is 0 Å². The van der Waals surface area contributed by atoms with Gasteiger partial charge in [0.25, 0.3) is 0 Å². The molecular weight excluding hydrogens is 382 g/mol. The van der Waals surface area contributed by atoms with Crippen molar-refractivity contribution in [2.24, 2.45) is 28.2 Å². The van der Waals surface area contributed by atoms with Crippen LogP contribution in [0.25, 0.3) is 0 Å². The van der Waals surface area contributed by atoms with Crippen LogP contribution in [0.5, 0.6) is 5.75 Å². The van der Waals surface area contributed by atoms with Crippen molar-refractivity contribution in [3.8, 4) is 5.75 Å². The number of aliphatic imine (C=N–C) groups is 1. The summed E-state index contributed by atoms with van der Waals surface area (Å²) < 4.78 is 5.93. The molecule has 4 aliphatic carbocycles. The molecule has 4 saturated carbocycles. The van der Waals surface area contributed by atoms with E-state index >= 15 is 0 Å². The second-order valence-corrected chi connectivity index (χ2v) is 9.10. The maximum absolute atomic E-state index is 12.6. The van der Waals surface area contributed by atoms with Gasteiger partial charge in [-0.25, -0.2) is 4.79 Å². The molecule has 1 aromatic carbocycles. The summed E-state index contributed by atoms with van der Waals surface area (Å²) >= 11 is 3.34. The third-order valence-electron chi connectivity index (χ3n) is 6.45. The molecule has 1 atom stereocenters. The monoisotopic (exact) mass is 405 g/mol. The molecule has 0 heterocycles. The molecule has 0 unspecified atom stereocenters. The van der Waals surface area contributed by atoms with E-state index in [2.05, 4.69) is 20.9 Å². The first-order valence-corrected chi connectivity index (χ1v) is 9.88. The van der Waals surface area contributed by atoms with Gasteiger partial charge in [-0.15, -0.1) is 0 Å². The molecule has 4 nitrogen and oxygen atoms in total. The Morgan fingerprint density at radius 2 is 1.88 bits per heavy atom. The molecule has 4 fully saturated rings. The summed E-state index contributed by atoms with van der Waals surface area (Å²) in [6.45, 7) is 0. The highest BCUT2D eigenvalue weighted by Gasteiger charge is 2.56. The number of benzene rings is 1. The van der Waals surface area contributed by atoms with Gasteiger partial charge in [-0.1, -0.05) is 15.9 Å². The van der Waals surface area contributed by atoms with Gasteiger partial charge >= 0.3 is 5.97 Å². The topological polar surface area (TPSA) is 58.9 Å². The molecule has 134 valence electrons. The van der Waals surface area contributed by atoms with E-state index in [0.717, 1.165) is 41.5 Å². The van der Waals surface area contributed by atoms with Crippen LogP contribution in [0.1, 0.15) is 44.1 Å². The maximum atomic E-state index is 12.6. The quantitative estimate of drug-likeness (QED) is 0.598. The first-order valence-electron chi connectivity index (χ1n) is 9.08. The number of esters is 1. The average molecular weight is 406 g/mol. The summed E-state index contributed by atoms with van der Waals surface area (Å²) in [6.07, 6.45) is 8.87. The summed E-state index contributed by atoms with van der Waals surface area (Å²) in [5, 5.41) is 10.1. The largest absolute Gasteiger partial charge is 0.507 e. The SMILES string of the molecule is COC(=O)[C@@H](N=Cc1ccc(Br)cc1O)C12CC3CC(CC(C3)C1)C2. The van der Waals surface area contributed by atoms with Crippen molar-refractivity contribution in [3.05, 3.63) is 28.2 Å². The third kappa shape index (κ3) is 3.12. The van der Waals surface area contributed by atoms with Gasteiger partial charge in [-0.2, -0.15) is 0 Å². The van der Waals surface area contributed by atoms with Crippen LogP contribution in [-0.2, 0) is 9.53 Å². The van der Waals surface area contributed by atoms with Crippen LogP contribution in [0.3, 0.4) is 0 Å². The maximum Gasteiger partial charge on any atom is 0.331 e. The highest BCUT2D eigenvalue weighted by atomic mass is 79.9. The first kappa shape index (κ1) is 17.1. The lowest BCUT2D eigenvalue weighted by molar-refractivity contribution is -0.152. The van der Waals surface area contributed by atoms with E-state index in [4.69, 9.17) is 4.74 Å². The molecule has 1 N–H and O–H groups in total.